The van der Waals surface area contributed by atoms with Crippen molar-refractivity contribution in [3.05, 3.63) is 0 Å². The maximum absolute atomic E-state index is 5.90. The van der Waals surface area contributed by atoms with E-state index in [1.165, 1.54) is 12.8 Å². The van der Waals surface area contributed by atoms with Crippen molar-refractivity contribution in [1.29, 1.82) is 0 Å². The van der Waals surface area contributed by atoms with Gasteiger partial charge in [0.15, 0.2) is 0 Å². The maximum atomic E-state index is 5.90. The van der Waals surface area contributed by atoms with E-state index in [9.17, 15) is 0 Å². The van der Waals surface area contributed by atoms with Crippen molar-refractivity contribution in [2.75, 3.05) is 13.2 Å². The summed E-state index contributed by atoms with van der Waals surface area (Å²) in [6.45, 7) is 1.60. The van der Waals surface area contributed by atoms with Crippen LogP contribution in [0.1, 0.15) is 38.5 Å². The van der Waals surface area contributed by atoms with Gasteiger partial charge < -0.3 is 16.2 Å². The van der Waals surface area contributed by atoms with Crippen molar-refractivity contribution in [1.82, 2.24) is 0 Å². The van der Waals surface area contributed by atoms with Crippen LogP contribution in [0.25, 0.3) is 0 Å². The van der Waals surface area contributed by atoms with Gasteiger partial charge in [0, 0.05) is 25.3 Å². The smallest absolute Gasteiger partial charge is 0.0480 e. The van der Waals surface area contributed by atoms with E-state index in [-0.39, 0.29) is 0 Å². The highest BCUT2D eigenvalue weighted by molar-refractivity contribution is 4.66. The Morgan fingerprint density at radius 1 is 0.769 bits per heavy atom. The van der Waals surface area contributed by atoms with E-state index in [1.807, 2.05) is 0 Å². The summed E-state index contributed by atoms with van der Waals surface area (Å²) in [6, 6.07) is 0.656. The van der Waals surface area contributed by atoms with Gasteiger partial charge in [-0.1, -0.05) is 12.8 Å². The zero-order valence-corrected chi connectivity index (χ0v) is 8.37. The number of nitrogens with two attached hydrogens (primary N) is 2. The molecule has 0 saturated carbocycles. The zero-order chi connectivity index (χ0) is 9.52. The number of hydrogen-bond acceptors (Lipinski definition) is 3. The van der Waals surface area contributed by atoms with Crippen molar-refractivity contribution in [2.45, 2.75) is 50.6 Å². The standard InChI is InChI=1S/C10H22N2O/c11-9-3-1-2-4-10(12)6-8-13-7-5-9/h9-10H,1-8,11-12H2. The van der Waals surface area contributed by atoms with Gasteiger partial charge in [0.05, 0.1) is 0 Å². The Labute approximate surface area is 80.8 Å². The van der Waals surface area contributed by atoms with Gasteiger partial charge in [-0.3, -0.25) is 0 Å². The molecule has 0 bridgehead atoms. The van der Waals surface area contributed by atoms with E-state index in [0.29, 0.717) is 12.1 Å². The first-order chi connectivity index (χ1) is 6.29. The van der Waals surface area contributed by atoms with Crippen LogP contribution in [-0.2, 0) is 4.74 Å². The van der Waals surface area contributed by atoms with Crippen molar-refractivity contribution in [2.24, 2.45) is 11.5 Å². The summed E-state index contributed by atoms with van der Waals surface area (Å²) in [4.78, 5) is 0. The molecule has 0 aromatic carbocycles. The lowest BCUT2D eigenvalue weighted by Gasteiger charge is -2.09. The van der Waals surface area contributed by atoms with Gasteiger partial charge in [0.2, 0.25) is 0 Å². The molecule has 1 aliphatic heterocycles. The van der Waals surface area contributed by atoms with Crippen LogP contribution in [0.15, 0.2) is 0 Å². The summed E-state index contributed by atoms with van der Waals surface area (Å²) in [5, 5.41) is 0. The molecule has 4 N–H and O–H groups in total. The first kappa shape index (κ1) is 11.0. The highest BCUT2D eigenvalue weighted by atomic mass is 16.5. The molecule has 1 heterocycles. The fourth-order valence-corrected chi connectivity index (χ4v) is 1.67. The molecular formula is C10H22N2O. The summed E-state index contributed by atoms with van der Waals surface area (Å²) in [5.74, 6) is 0. The van der Waals surface area contributed by atoms with Crippen molar-refractivity contribution in [3.63, 3.8) is 0 Å². The predicted molar refractivity (Wildman–Crippen MR) is 54.5 cm³/mol. The molecule has 1 rings (SSSR count). The molecule has 0 spiro atoms. The van der Waals surface area contributed by atoms with Crippen LogP contribution >= 0.6 is 0 Å². The van der Waals surface area contributed by atoms with Gasteiger partial charge in [-0.15, -0.1) is 0 Å². The fourth-order valence-electron chi connectivity index (χ4n) is 1.67. The second kappa shape index (κ2) is 6.35. The molecule has 0 aromatic heterocycles. The van der Waals surface area contributed by atoms with E-state index in [1.54, 1.807) is 0 Å². The van der Waals surface area contributed by atoms with Crippen LogP contribution in [0.4, 0.5) is 0 Å². The van der Waals surface area contributed by atoms with Gasteiger partial charge in [-0.2, -0.15) is 0 Å². The Hall–Kier alpha value is -0.120. The second-order valence-corrected chi connectivity index (χ2v) is 3.99. The highest BCUT2D eigenvalue weighted by Crippen LogP contribution is 2.09. The van der Waals surface area contributed by atoms with E-state index < -0.39 is 0 Å². The van der Waals surface area contributed by atoms with Gasteiger partial charge in [0.1, 0.15) is 0 Å². The van der Waals surface area contributed by atoms with Gasteiger partial charge in [0.25, 0.3) is 0 Å². The zero-order valence-electron chi connectivity index (χ0n) is 8.37. The molecule has 3 heteroatoms. The van der Waals surface area contributed by atoms with Crippen LogP contribution in [0.3, 0.4) is 0 Å². The van der Waals surface area contributed by atoms with Crippen LogP contribution in [0, 0.1) is 0 Å². The Morgan fingerprint density at radius 2 is 1.23 bits per heavy atom. The quantitative estimate of drug-likeness (QED) is 0.593. The molecule has 0 radical (unpaired) electrons. The van der Waals surface area contributed by atoms with Crippen LogP contribution in [0.2, 0.25) is 0 Å². The average Bonchev–Trinajstić information content (AvgIpc) is 2.14. The average molecular weight is 186 g/mol. The van der Waals surface area contributed by atoms with E-state index in [0.717, 1.165) is 38.9 Å². The number of ether oxygens (including phenoxy) is 1. The lowest BCUT2D eigenvalue weighted by atomic mass is 10.0. The van der Waals surface area contributed by atoms with Gasteiger partial charge in [-0.05, 0) is 25.7 Å². The first-order valence-corrected chi connectivity index (χ1v) is 5.38. The largest absolute Gasteiger partial charge is 0.381 e. The summed E-state index contributed by atoms with van der Waals surface area (Å²) < 4.78 is 5.45. The first-order valence-electron chi connectivity index (χ1n) is 5.38. The summed E-state index contributed by atoms with van der Waals surface area (Å²) >= 11 is 0. The van der Waals surface area contributed by atoms with Crippen molar-refractivity contribution >= 4 is 0 Å². The van der Waals surface area contributed by atoms with Gasteiger partial charge >= 0.3 is 0 Å². The van der Waals surface area contributed by atoms with Crippen molar-refractivity contribution < 1.29 is 4.74 Å². The minimum absolute atomic E-state index is 0.328. The highest BCUT2D eigenvalue weighted by Gasteiger charge is 2.07. The van der Waals surface area contributed by atoms with E-state index in [2.05, 4.69) is 0 Å². The molecule has 0 amide bonds. The number of rotatable bonds is 0. The van der Waals surface area contributed by atoms with Crippen LogP contribution < -0.4 is 11.5 Å². The lowest BCUT2D eigenvalue weighted by Crippen LogP contribution is -2.22. The number of hydrogen-bond donors (Lipinski definition) is 2. The van der Waals surface area contributed by atoms with Gasteiger partial charge in [-0.25, -0.2) is 0 Å². The summed E-state index contributed by atoms with van der Waals surface area (Å²) in [7, 11) is 0. The Morgan fingerprint density at radius 3 is 1.69 bits per heavy atom. The molecule has 1 saturated heterocycles. The predicted octanol–water partition coefficient (Wildman–Crippen LogP) is 1.01. The summed E-state index contributed by atoms with van der Waals surface area (Å²) in [6.07, 6.45) is 6.67. The Balaban J connectivity index is 2.22. The third-order valence-corrected chi connectivity index (χ3v) is 2.67. The fraction of sp³-hybridized carbons (Fsp3) is 1.00. The molecule has 78 valence electrons. The van der Waals surface area contributed by atoms with Crippen molar-refractivity contribution in [3.8, 4) is 0 Å². The Bertz CT molecular complexity index is 116. The maximum Gasteiger partial charge on any atom is 0.0480 e. The minimum atomic E-state index is 0.328. The minimum Gasteiger partial charge on any atom is -0.381 e. The topological polar surface area (TPSA) is 61.3 Å². The molecule has 2 atom stereocenters. The third kappa shape index (κ3) is 5.24. The molecule has 1 aliphatic rings. The molecule has 13 heavy (non-hydrogen) atoms. The molecule has 3 nitrogen and oxygen atoms in total. The van der Waals surface area contributed by atoms with E-state index in [4.69, 9.17) is 16.2 Å². The molecule has 0 aliphatic carbocycles. The lowest BCUT2D eigenvalue weighted by molar-refractivity contribution is 0.121. The van der Waals surface area contributed by atoms with E-state index >= 15 is 0 Å². The normalized spacial score (nSPS) is 33.7. The Kier molecular flexibility index (Phi) is 5.35. The van der Waals surface area contributed by atoms with Crippen LogP contribution in [0.5, 0.6) is 0 Å². The van der Waals surface area contributed by atoms with Crippen LogP contribution in [-0.4, -0.2) is 25.3 Å². The second-order valence-electron chi connectivity index (χ2n) is 3.99. The SMILES string of the molecule is NC1CCCCC(N)CCOCC1. The monoisotopic (exact) mass is 186 g/mol. The molecule has 0 aromatic rings. The molecule has 2 unspecified atom stereocenters. The molecule has 1 fully saturated rings. The summed E-state index contributed by atoms with van der Waals surface area (Å²) in [5.41, 5.74) is 11.8. The third-order valence-electron chi connectivity index (χ3n) is 2.67. The molecular weight excluding hydrogens is 164 g/mol.